The van der Waals surface area contributed by atoms with Crippen LogP contribution in [0.15, 0.2) is 71.6 Å². The molecular weight excluding hydrogens is 481 g/mol. The molecule has 3 rings (SSSR count). The number of para-hydroxylation sites is 1. The first kappa shape index (κ1) is 30.5. The Morgan fingerprint density at radius 3 is 2.03 bits per heavy atom. The second kappa shape index (κ2) is 13.9. The quantitative estimate of drug-likeness (QED) is 0.113. The molecule has 0 atom stereocenters. The van der Waals surface area contributed by atoms with Crippen molar-refractivity contribution >= 4 is 75.2 Å². The topological polar surface area (TPSA) is 210 Å². The predicted octanol–water partition coefficient (Wildman–Crippen LogP) is 2.69. The molecular formula is C20H19N3NaO9S. The first-order valence-corrected chi connectivity index (χ1v) is 10.1. The third-order valence-corrected chi connectivity index (χ3v) is 4.67. The van der Waals surface area contributed by atoms with Crippen LogP contribution in [-0.2, 0) is 14.9 Å². The Labute approximate surface area is 216 Å². The van der Waals surface area contributed by atoms with Crippen molar-refractivity contribution in [1.82, 2.24) is 0 Å². The molecule has 0 heterocycles. The Hall–Kier alpha value is -3.49. The molecule has 0 bridgehead atoms. The number of nitrogens with two attached hydrogens (primary N) is 1. The van der Waals surface area contributed by atoms with Gasteiger partial charge in [0.25, 0.3) is 15.8 Å². The van der Waals surface area contributed by atoms with Gasteiger partial charge in [0.05, 0.1) is 10.6 Å². The van der Waals surface area contributed by atoms with Gasteiger partial charge in [0.2, 0.25) is 0 Å². The summed E-state index contributed by atoms with van der Waals surface area (Å²) in [5.41, 5.74) is 6.09. The Morgan fingerprint density at radius 2 is 1.59 bits per heavy atom. The summed E-state index contributed by atoms with van der Waals surface area (Å²) in [5.74, 6) is -1.31. The molecule has 0 unspecified atom stereocenters. The van der Waals surface area contributed by atoms with Gasteiger partial charge in [-0.3, -0.25) is 14.7 Å². The van der Waals surface area contributed by atoms with Crippen molar-refractivity contribution in [3.63, 3.8) is 0 Å². The maximum atomic E-state index is 11.3. The largest absolute Gasteiger partial charge is 0.507 e. The van der Waals surface area contributed by atoms with E-state index in [1.54, 1.807) is 36.4 Å². The third kappa shape index (κ3) is 9.17. The number of carbonyl (C=O) groups is 2. The number of nitrogens with zero attached hydrogens (tertiary/aromatic N) is 1. The summed E-state index contributed by atoms with van der Waals surface area (Å²) in [5, 5.41) is 30.7. The molecule has 1 radical (unpaired) electrons. The number of non-ortho nitro benzene ring substituents is 1. The van der Waals surface area contributed by atoms with Gasteiger partial charge in [-0.15, -0.1) is 0 Å². The number of benzene rings is 3. The zero-order chi connectivity index (χ0) is 25.2. The number of phenols is 1. The molecule has 0 aliphatic heterocycles. The summed E-state index contributed by atoms with van der Waals surface area (Å²) in [6, 6.07) is 15.3. The van der Waals surface area contributed by atoms with Crippen molar-refractivity contribution in [3.05, 3.63) is 82.4 Å². The van der Waals surface area contributed by atoms with Gasteiger partial charge in [-0.2, -0.15) is 8.42 Å². The van der Waals surface area contributed by atoms with Crippen molar-refractivity contribution in [2.24, 2.45) is 0 Å². The van der Waals surface area contributed by atoms with Crippen molar-refractivity contribution in [2.45, 2.75) is 4.90 Å². The van der Waals surface area contributed by atoms with Crippen LogP contribution in [-0.4, -0.2) is 70.4 Å². The van der Waals surface area contributed by atoms with Crippen LogP contribution in [0.2, 0.25) is 0 Å². The molecule has 3 aromatic carbocycles. The molecule has 0 saturated carbocycles. The van der Waals surface area contributed by atoms with Crippen LogP contribution in [0.3, 0.4) is 0 Å². The van der Waals surface area contributed by atoms with Gasteiger partial charge in [-0.1, -0.05) is 12.1 Å². The number of nitro groups is 1. The van der Waals surface area contributed by atoms with Crippen LogP contribution >= 0.6 is 0 Å². The van der Waals surface area contributed by atoms with E-state index in [0.717, 1.165) is 12.1 Å². The van der Waals surface area contributed by atoms with Crippen LogP contribution in [0.1, 0.15) is 10.4 Å². The van der Waals surface area contributed by atoms with E-state index < -0.39 is 31.6 Å². The number of nitrogen functional groups attached to an aromatic ring is 1. The molecule has 12 nitrogen and oxygen atoms in total. The summed E-state index contributed by atoms with van der Waals surface area (Å²) in [7, 11) is -4.61. The molecule has 175 valence electrons. The Balaban J connectivity index is 0.000000706. The zero-order valence-electron chi connectivity index (χ0n) is 17.8. The van der Waals surface area contributed by atoms with Crippen molar-refractivity contribution in [3.8, 4) is 5.75 Å². The number of rotatable bonds is 5. The third-order valence-electron chi connectivity index (χ3n) is 3.78. The van der Waals surface area contributed by atoms with Gasteiger partial charge in [-0.25, -0.2) is 4.79 Å². The summed E-state index contributed by atoms with van der Waals surface area (Å²) in [6.45, 7) is 2.00. The molecule has 0 aliphatic rings. The predicted molar refractivity (Wildman–Crippen MR) is 125 cm³/mol. The molecule has 6 N–H and O–H groups in total. The van der Waals surface area contributed by atoms with Gasteiger partial charge >= 0.3 is 5.97 Å². The minimum atomic E-state index is -4.61. The second-order valence-electron chi connectivity index (χ2n) is 5.98. The number of carboxylic acids is 1. The van der Waals surface area contributed by atoms with E-state index in [0.29, 0.717) is 11.4 Å². The van der Waals surface area contributed by atoms with Gasteiger partial charge in [-0.05, 0) is 42.5 Å². The minimum Gasteiger partial charge on any atom is -0.507 e. The molecule has 34 heavy (non-hydrogen) atoms. The van der Waals surface area contributed by atoms with E-state index in [1.165, 1.54) is 18.2 Å². The second-order valence-corrected chi connectivity index (χ2v) is 7.37. The molecule has 14 heteroatoms. The minimum absolute atomic E-state index is 0. The monoisotopic (exact) mass is 500 g/mol. The fraction of sp³-hybridized carbons (Fsp3) is 0. The summed E-state index contributed by atoms with van der Waals surface area (Å²) >= 11 is 0. The number of hydrogen-bond donors (Lipinski definition) is 5. The number of aromatic carboxylic acids is 1. The number of carboxylic acid groups (broad SMARTS) is 1. The first-order valence-electron chi connectivity index (χ1n) is 8.67. The number of aromatic hydroxyl groups is 1. The molecule has 0 fully saturated rings. The Kier molecular flexibility index (Phi) is 12.5. The summed E-state index contributed by atoms with van der Waals surface area (Å²) in [6.07, 6.45) is 0. The fourth-order valence-electron chi connectivity index (χ4n) is 2.32. The Morgan fingerprint density at radius 1 is 1.03 bits per heavy atom. The number of carbonyl (C=O) groups excluding carboxylic acids is 1. The van der Waals surface area contributed by atoms with E-state index in [9.17, 15) is 27.9 Å². The van der Waals surface area contributed by atoms with Crippen LogP contribution in [0.5, 0.6) is 5.75 Å². The fourth-order valence-corrected chi connectivity index (χ4v) is 2.98. The molecule has 0 aromatic heterocycles. The van der Waals surface area contributed by atoms with Crippen molar-refractivity contribution in [2.75, 3.05) is 11.1 Å². The van der Waals surface area contributed by atoms with E-state index >= 15 is 0 Å². The molecule has 0 amide bonds. The number of anilines is 3. The van der Waals surface area contributed by atoms with E-state index in [-0.39, 0.29) is 46.6 Å². The standard InChI is InChI=1S/C12H11N3O5S.C7H6O3.CH2O.Na/c13-8-1-3-9(4-2-8)14-11-6-5-10(15(16)17)7-12(11)21(18,19)20;8-6-4-2-1-3-5(6)7(9)10;1-2;/h1-7,14H,13H2,(H,18,19,20);1-4,8H,(H,9,10);1H2;. The summed E-state index contributed by atoms with van der Waals surface area (Å²) < 4.78 is 31.9. The zero-order valence-corrected chi connectivity index (χ0v) is 20.6. The molecule has 0 aliphatic carbocycles. The van der Waals surface area contributed by atoms with E-state index in [2.05, 4.69) is 5.32 Å². The number of nitrogens with one attached hydrogen (secondary N) is 1. The molecule has 0 saturated heterocycles. The van der Waals surface area contributed by atoms with Crippen LogP contribution < -0.4 is 11.1 Å². The van der Waals surface area contributed by atoms with E-state index in [1.807, 2.05) is 6.79 Å². The Bertz CT molecular complexity index is 1240. The van der Waals surface area contributed by atoms with Gasteiger partial charge in [0.1, 0.15) is 23.0 Å². The maximum absolute atomic E-state index is 11.3. The molecule has 3 aromatic rings. The van der Waals surface area contributed by atoms with E-state index in [4.69, 9.17) is 20.7 Å². The average molecular weight is 500 g/mol. The van der Waals surface area contributed by atoms with Crippen molar-refractivity contribution in [1.29, 1.82) is 0 Å². The SMILES string of the molecule is C=O.Nc1ccc(Nc2ccc([N+](=O)[O-])cc2S(=O)(=O)O)cc1.O=C(O)c1ccccc1O.[Na]. The maximum Gasteiger partial charge on any atom is 0.339 e. The average Bonchev–Trinajstić information content (AvgIpc) is 2.76. The smallest absolute Gasteiger partial charge is 0.339 e. The van der Waals surface area contributed by atoms with Gasteiger partial charge < -0.3 is 26.1 Å². The van der Waals surface area contributed by atoms with Crippen molar-refractivity contribution < 1.29 is 37.7 Å². The molecule has 0 spiro atoms. The number of hydrogen-bond acceptors (Lipinski definition) is 9. The normalized spacial score (nSPS) is 9.68. The van der Waals surface area contributed by atoms with Gasteiger partial charge in [0, 0.05) is 53.1 Å². The van der Waals surface area contributed by atoms with Crippen LogP contribution in [0.25, 0.3) is 0 Å². The van der Waals surface area contributed by atoms with Crippen LogP contribution in [0.4, 0.5) is 22.7 Å². The van der Waals surface area contributed by atoms with Gasteiger partial charge in [0.15, 0.2) is 0 Å². The summed E-state index contributed by atoms with van der Waals surface area (Å²) in [4.78, 5) is 27.6. The number of nitro benzene ring substituents is 1. The van der Waals surface area contributed by atoms with Crippen LogP contribution in [0, 0.1) is 10.1 Å². The first-order chi connectivity index (χ1) is 15.5.